The lowest BCUT2D eigenvalue weighted by Gasteiger charge is -2.11. The number of nitro groups is 1. The lowest BCUT2D eigenvalue weighted by atomic mass is 10.0. The monoisotopic (exact) mass is 254 g/mol. The topological polar surface area (TPSA) is 116 Å². The normalized spacial score (nSPS) is 11.9. The molecule has 0 fully saturated rings. The van der Waals surface area contributed by atoms with Crippen LogP contribution in [0.25, 0.3) is 0 Å². The maximum absolute atomic E-state index is 11.2. The summed E-state index contributed by atoms with van der Waals surface area (Å²) in [7, 11) is 1.20. The molecule has 0 aromatic heterocycles. The zero-order valence-electron chi connectivity index (χ0n) is 10.0. The number of phenols is 1. The first-order valence-electron chi connectivity index (χ1n) is 5.17. The summed E-state index contributed by atoms with van der Waals surface area (Å²) in [6.45, 7) is 1.65. The van der Waals surface area contributed by atoms with E-state index in [2.05, 4.69) is 4.74 Å². The molecule has 1 atom stereocenters. The second-order valence-corrected chi connectivity index (χ2v) is 3.88. The molecule has 1 aromatic carbocycles. The quantitative estimate of drug-likeness (QED) is 0.463. The number of nitrogens with two attached hydrogens (primary N) is 1. The van der Waals surface area contributed by atoms with Crippen LogP contribution >= 0.6 is 0 Å². The SMILES string of the molecule is COC(=O)C(N)Cc1cc(C)cc([N+](=O)[O-])c1O. The molecule has 1 aromatic rings. The van der Waals surface area contributed by atoms with Crippen LogP contribution in [0, 0.1) is 17.0 Å². The molecule has 0 spiro atoms. The minimum Gasteiger partial charge on any atom is -0.502 e. The number of nitro benzene ring substituents is 1. The van der Waals surface area contributed by atoms with E-state index in [9.17, 15) is 20.0 Å². The number of carbonyl (C=O) groups excluding carboxylic acids is 1. The van der Waals surface area contributed by atoms with E-state index in [4.69, 9.17) is 5.73 Å². The van der Waals surface area contributed by atoms with Crippen LogP contribution in [0.3, 0.4) is 0 Å². The largest absolute Gasteiger partial charge is 0.502 e. The molecule has 1 rings (SSSR count). The van der Waals surface area contributed by atoms with Crippen LogP contribution < -0.4 is 5.73 Å². The lowest BCUT2D eigenvalue weighted by molar-refractivity contribution is -0.386. The van der Waals surface area contributed by atoms with Gasteiger partial charge >= 0.3 is 11.7 Å². The number of carbonyl (C=O) groups is 1. The molecule has 7 heteroatoms. The standard InChI is InChI=1S/C11H14N2O5/c1-6-3-7(5-8(12)11(15)18-2)10(14)9(4-6)13(16)17/h3-4,8,14H,5,12H2,1-2H3. The van der Waals surface area contributed by atoms with Gasteiger partial charge in [-0.3, -0.25) is 14.9 Å². The molecule has 0 aliphatic heterocycles. The maximum Gasteiger partial charge on any atom is 0.322 e. The first kappa shape index (κ1) is 13.9. The number of nitrogens with zero attached hydrogens (tertiary/aromatic N) is 1. The highest BCUT2D eigenvalue weighted by Crippen LogP contribution is 2.31. The summed E-state index contributed by atoms with van der Waals surface area (Å²) in [4.78, 5) is 21.2. The highest BCUT2D eigenvalue weighted by atomic mass is 16.6. The van der Waals surface area contributed by atoms with Gasteiger partial charge in [0.15, 0.2) is 5.75 Å². The van der Waals surface area contributed by atoms with E-state index in [1.807, 2.05) is 0 Å². The van der Waals surface area contributed by atoms with E-state index < -0.39 is 28.4 Å². The molecule has 0 saturated heterocycles. The van der Waals surface area contributed by atoms with Crippen LogP contribution in [0.1, 0.15) is 11.1 Å². The predicted molar refractivity (Wildman–Crippen MR) is 63.2 cm³/mol. The number of ether oxygens (including phenoxy) is 1. The van der Waals surface area contributed by atoms with Crippen LogP contribution in [-0.2, 0) is 16.0 Å². The Hall–Kier alpha value is -2.15. The van der Waals surface area contributed by atoms with Crippen LogP contribution in [0.2, 0.25) is 0 Å². The van der Waals surface area contributed by atoms with E-state index in [1.165, 1.54) is 13.2 Å². The molecule has 18 heavy (non-hydrogen) atoms. The molecule has 0 heterocycles. The smallest absolute Gasteiger partial charge is 0.322 e. The fourth-order valence-electron chi connectivity index (χ4n) is 1.60. The Bertz CT molecular complexity index is 487. The molecule has 3 N–H and O–H groups in total. The number of rotatable bonds is 4. The highest BCUT2D eigenvalue weighted by molar-refractivity contribution is 5.76. The average Bonchev–Trinajstić information content (AvgIpc) is 2.31. The molecule has 0 bridgehead atoms. The van der Waals surface area contributed by atoms with Gasteiger partial charge in [-0.1, -0.05) is 6.07 Å². The van der Waals surface area contributed by atoms with Gasteiger partial charge in [-0.05, 0) is 12.5 Å². The maximum atomic E-state index is 11.2. The highest BCUT2D eigenvalue weighted by Gasteiger charge is 2.22. The molecule has 0 radical (unpaired) electrons. The summed E-state index contributed by atoms with van der Waals surface area (Å²) >= 11 is 0. The van der Waals surface area contributed by atoms with Gasteiger partial charge in [0.05, 0.1) is 12.0 Å². The zero-order chi connectivity index (χ0) is 13.9. The van der Waals surface area contributed by atoms with Gasteiger partial charge in [-0.15, -0.1) is 0 Å². The Morgan fingerprint density at radius 3 is 2.72 bits per heavy atom. The number of phenolic OH excluding ortho intramolecular Hbond substituents is 1. The summed E-state index contributed by atoms with van der Waals surface area (Å²) in [6.07, 6.45) is -0.0268. The van der Waals surface area contributed by atoms with Gasteiger partial charge < -0.3 is 15.6 Å². The molecule has 0 aliphatic rings. The van der Waals surface area contributed by atoms with Crippen LogP contribution in [-0.4, -0.2) is 29.2 Å². The fourth-order valence-corrected chi connectivity index (χ4v) is 1.60. The molecule has 7 nitrogen and oxygen atoms in total. The van der Waals surface area contributed by atoms with Crippen molar-refractivity contribution in [1.29, 1.82) is 0 Å². The third-order valence-electron chi connectivity index (χ3n) is 2.45. The van der Waals surface area contributed by atoms with Crippen molar-refractivity contribution in [3.8, 4) is 5.75 Å². The second-order valence-electron chi connectivity index (χ2n) is 3.88. The molecular formula is C11H14N2O5. The van der Waals surface area contributed by atoms with E-state index in [0.717, 1.165) is 0 Å². The number of methoxy groups -OCH3 is 1. The zero-order valence-corrected chi connectivity index (χ0v) is 10.0. The van der Waals surface area contributed by atoms with Crippen molar-refractivity contribution in [2.24, 2.45) is 5.73 Å². The Labute approximate surface area is 103 Å². The van der Waals surface area contributed by atoms with Crippen molar-refractivity contribution in [2.45, 2.75) is 19.4 Å². The minimum absolute atomic E-state index is 0.0268. The van der Waals surface area contributed by atoms with Gasteiger partial charge in [0.25, 0.3) is 0 Å². The van der Waals surface area contributed by atoms with Gasteiger partial charge in [0, 0.05) is 18.1 Å². The summed E-state index contributed by atoms with van der Waals surface area (Å²) < 4.78 is 4.45. The Kier molecular flexibility index (Phi) is 4.22. The van der Waals surface area contributed by atoms with Gasteiger partial charge in [-0.25, -0.2) is 0 Å². The number of aryl methyl sites for hydroxylation is 1. The van der Waals surface area contributed by atoms with Crippen molar-refractivity contribution >= 4 is 11.7 Å². The first-order valence-corrected chi connectivity index (χ1v) is 5.17. The van der Waals surface area contributed by atoms with E-state index in [1.54, 1.807) is 13.0 Å². The molecule has 0 saturated carbocycles. The minimum atomic E-state index is -0.970. The van der Waals surface area contributed by atoms with E-state index in [0.29, 0.717) is 5.56 Å². The average molecular weight is 254 g/mol. The van der Waals surface area contributed by atoms with Gasteiger partial charge in [0.1, 0.15) is 6.04 Å². The predicted octanol–water partition coefficient (Wildman–Crippen LogP) is 0.652. The summed E-state index contributed by atoms with van der Waals surface area (Å²) in [5.41, 5.74) is 6.00. The van der Waals surface area contributed by atoms with Gasteiger partial charge in [0.2, 0.25) is 0 Å². The first-order chi connectivity index (χ1) is 8.36. The van der Waals surface area contributed by atoms with Crippen LogP contribution in [0.5, 0.6) is 5.75 Å². The van der Waals surface area contributed by atoms with Crippen molar-refractivity contribution in [3.63, 3.8) is 0 Å². The second kappa shape index (κ2) is 5.46. The third-order valence-corrected chi connectivity index (χ3v) is 2.45. The molecule has 0 aliphatic carbocycles. The van der Waals surface area contributed by atoms with E-state index in [-0.39, 0.29) is 12.0 Å². The fraction of sp³-hybridized carbons (Fsp3) is 0.364. The number of esters is 1. The molecular weight excluding hydrogens is 240 g/mol. The van der Waals surface area contributed by atoms with Crippen LogP contribution in [0.4, 0.5) is 5.69 Å². The van der Waals surface area contributed by atoms with E-state index >= 15 is 0 Å². The Morgan fingerprint density at radius 1 is 1.61 bits per heavy atom. The lowest BCUT2D eigenvalue weighted by Crippen LogP contribution is -2.33. The molecule has 1 unspecified atom stereocenters. The third kappa shape index (κ3) is 2.95. The summed E-state index contributed by atoms with van der Waals surface area (Å²) in [6, 6.07) is 1.83. The Balaban J connectivity index is 3.10. The Morgan fingerprint density at radius 2 is 2.22 bits per heavy atom. The summed E-state index contributed by atoms with van der Waals surface area (Å²) in [5.74, 6) is -1.11. The van der Waals surface area contributed by atoms with Crippen molar-refractivity contribution in [1.82, 2.24) is 0 Å². The number of aromatic hydroxyl groups is 1. The number of hydrogen-bond donors (Lipinski definition) is 2. The van der Waals surface area contributed by atoms with Gasteiger partial charge in [-0.2, -0.15) is 0 Å². The molecule has 98 valence electrons. The van der Waals surface area contributed by atoms with Crippen molar-refractivity contribution in [2.75, 3.05) is 7.11 Å². The number of benzene rings is 1. The molecule has 0 amide bonds. The van der Waals surface area contributed by atoms with Crippen LogP contribution in [0.15, 0.2) is 12.1 Å². The summed E-state index contributed by atoms with van der Waals surface area (Å²) in [5, 5.41) is 20.5. The van der Waals surface area contributed by atoms with Crippen molar-refractivity contribution < 1.29 is 19.6 Å². The van der Waals surface area contributed by atoms with Crippen molar-refractivity contribution in [3.05, 3.63) is 33.4 Å². The number of hydrogen-bond acceptors (Lipinski definition) is 6.